The zero-order valence-corrected chi connectivity index (χ0v) is 9.18. The Kier molecular flexibility index (Phi) is 4.04. The fourth-order valence-corrected chi connectivity index (χ4v) is 2.34. The van der Waals surface area contributed by atoms with E-state index in [2.05, 4.69) is 6.92 Å². The maximum atomic E-state index is 11.4. The first-order chi connectivity index (χ1) is 6.16. The molecule has 0 spiro atoms. The molecule has 0 aliphatic heterocycles. The Bertz CT molecular complexity index is 184. The van der Waals surface area contributed by atoms with Crippen LogP contribution in [0.2, 0.25) is 0 Å². The molecule has 13 heavy (non-hydrogen) atoms. The molecule has 0 aromatic rings. The fraction of sp³-hybridized carbons (Fsp3) is 0.900. The summed E-state index contributed by atoms with van der Waals surface area (Å²) in [6, 6.07) is 0.417. The van der Waals surface area contributed by atoms with Gasteiger partial charge in [-0.15, -0.1) is 11.6 Å². The molecule has 0 heterocycles. The third-order valence-electron chi connectivity index (χ3n) is 3.07. The monoisotopic (exact) mass is 203 g/mol. The maximum absolute atomic E-state index is 11.4. The highest BCUT2D eigenvalue weighted by Crippen LogP contribution is 2.27. The van der Waals surface area contributed by atoms with Crippen LogP contribution < -0.4 is 0 Å². The van der Waals surface area contributed by atoms with Crippen LogP contribution in [0.1, 0.15) is 32.6 Å². The molecule has 1 fully saturated rings. The lowest BCUT2D eigenvalue weighted by Gasteiger charge is -2.36. The van der Waals surface area contributed by atoms with Gasteiger partial charge in [0.05, 0.1) is 0 Å². The minimum atomic E-state index is 0.0559. The first-order valence-corrected chi connectivity index (χ1v) is 5.52. The maximum Gasteiger partial charge on any atom is 0.237 e. The zero-order valence-electron chi connectivity index (χ0n) is 8.42. The Morgan fingerprint density at radius 2 is 2.08 bits per heavy atom. The van der Waals surface area contributed by atoms with E-state index in [9.17, 15) is 4.79 Å². The van der Waals surface area contributed by atoms with Gasteiger partial charge in [-0.05, 0) is 18.8 Å². The second kappa shape index (κ2) is 4.85. The SMILES string of the molecule is C[C@H]1CCCC[C@@H]1N(C)C(=O)CCl. The van der Waals surface area contributed by atoms with Gasteiger partial charge < -0.3 is 4.90 Å². The van der Waals surface area contributed by atoms with Crippen LogP contribution in [0.25, 0.3) is 0 Å². The predicted molar refractivity (Wildman–Crippen MR) is 54.9 cm³/mol. The van der Waals surface area contributed by atoms with E-state index in [1.807, 2.05) is 11.9 Å². The largest absolute Gasteiger partial charge is 0.341 e. The van der Waals surface area contributed by atoms with Crippen molar-refractivity contribution in [2.24, 2.45) is 5.92 Å². The van der Waals surface area contributed by atoms with E-state index in [0.29, 0.717) is 12.0 Å². The van der Waals surface area contributed by atoms with Gasteiger partial charge in [-0.3, -0.25) is 4.79 Å². The molecule has 0 saturated heterocycles. The van der Waals surface area contributed by atoms with Crippen molar-refractivity contribution in [3.05, 3.63) is 0 Å². The summed E-state index contributed by atoms with van der Waals surface area (Å²) >= 11 is 5.52. The van der Waals surface area contributed by atoms with Crippen LogP contribution in [0.15, 0.2) is 0 Å². The van der Waals surface area contributed by atoms with Crippen molar-refractivity contribution in [1.82, 2.24) is 4.90 Å². The molecule has 0 bridgehead atoms. The van der Waals surface area contributed by atoms with E-state index in [1.54, 1.807) is 0 Å². The van der Waals surface area contributed by atoms with Crippen molar-refractivity contribution in [3.63, 3.8) is 0 Å². The quantitative estimate of drug-likeness (QED) is 0.631. The van der Waals surface area contributed by atoms with Crippen molar-refractivity contribution in [1.29, 1.82) is 0 Å². The smallest absolute Gasteiger partial charge is 0.237 e. The first-order valence-electron chi connectivity index (χ1n) is 4.98. The number of carbonyl (C=O) groups excluding carboxylic acids is 1. The summed E-state index contributed by atoms with van der Waals surface area (Å²) < 4.78 is 0. The summed E-state index contributed by atoms with van der Waals surface area (Å²) in [5, 5.41) is 0. The van der Waals surface area contributed by atoms with Gasteiger partial charge in [-0.25, -0.2) is 0 Å². The standard InChI is InChI=1S/C10H18ClNO/c1-8-5-3-4-6-9(8)12(2)10(13)7-11/h8-9H,3-7H2,1-2H3/t8-,9-/m0/s1. The number of hydrogen-bond acceptors (Lipinski definition) is 1. The van der Waals surface area contributed by atoms with Crippen molar-refractivity contribution >= 4 is 17.5 Å². The molecule has 0 aromatic heterocycles. The third kappa shape index (κ3) is 2.60. The van der Waals surface area contributed by atoms with Crippen LogP contribution in [0.3, 0.4) is 0 Å². The molecule has 0 radical (unpaired) electrons. The minimum absolute atomic E-state index is 0.0559. The van der Waals surface area contributed by atoms with Crippen molar-refractivity contribution in [2.45, 2.75) is 38.6 Å². The molecule has 76 valence electrons. The molecule has 1 saturated carbocycles. The number of hydrogen-bond donors (Lipinski definition) is 0. The molecular formula is C10H18ClNO. The number of rotatable bonds is 2. The van der Waals surface area contributed by atoms with Crippen LogP contribution >= 0.6 is 11.6 Å². The summed E-state index contributed by atoms with van der Waals surface area (Å²) in [6.07, 6.45) is 4.93. The number of alkyl halides is 1. The highest BCUT2D eigenvalue weighted by atomic mass is 35.5. The first kappa shape index (κ1) is 10.8. The van der Waals surface area contributed by atoms with Gasteiger partial charge in [-0.2, -0.15) is 0 Å². The van der Waals surface area contributed by atoms with Gasteiger partial charge in [0.1, 0.15) is 5.88 Å². The van der Waals surface area contributed by atoms with Crippen LogP contribution in [0.5, 0.6) is 0 Å². The van der Waals surface area contributed by atoms with Gasteiger partial charge in [0.25, 0.3) is 0 Å². The van der Waals surface area contributed by atoms with Crippen LogP contribution in [-0.4, -0.2) is 29.8 Å². The Hall–Kier alpha value is -0.240. The second-order valence-electron chi connectivity index (χ2n) is 3.97. The number of nitrogens with zero attached hydrogens (tertiary/aromatic N) is 1. The summed E-state index contributed by atoms with van der Waals surface area (Å²) in [7, 11) is 1.87. The normalized spacial score (nSPS) is 28.5. The van der Waals surface area contributed by atoms with E-state index in [4.69, 9.17) is 11.6 Å². The molecule has 0 N–H and O–H groups in total. The molecule has 1 rings (SSSR count). The van der Waals surface area contributed by atoms with E-state index in [1.165, 1.54) is 19.3 Å². The average molecular weight is 204 g/mol. The third-order valence-corrected chi connectivity index (χ3v) is 3.30. The zero-order chi connectivity index (χ0) is 9.84. The summed E-state index contributed by atoms with van der Waals surface area (Å²) in [4.78, 5) is 13.2. The minimum Gasteiger partial charge on any atom is -0.341 e. The molecule has 1 aliphatic carbocycles. The molecule has 1 amide bonds. The molecule has 2 nitrogen and oxygen atoms in total. The van der Waals surface area contributed by atoms with Crippen LogP contribution in [0, 0.1) is 5.92 Å². The van der Waals surface area contributed by atoms with Crippen LogP contribution in [-0.2, 0) is 4.79 Å². The van der Waals surface area contributed by atoms with E-state index < -0.39 is 0 Å². The Morgan fingerprint density at radius 1 is 1.46 bits per heavy atom. The van der Waals surface area contributed by atoms with Gasteiger partial charge >= 0.3 is 0 Å². The highest BCUT2D eigenvalue weighted by molar-refractivity contribution is 6.27. The predicted octanol–water partition coefficient (Wildman–Crippen LogP) is 2.26. The number of amides is 1. The Morgan fingerprint density at radius 3 is 2.62 bits per heavy atom. The highest BCUT2D eigenvalue weighted by Gasteiger charge is 2.27. The second-order valence-corrected chi connectivity index (χ2v) is 4.23. The summed E-state index contributed by atoms with van der Waals surface area (Å²) in [5.41, 5.74) is 0. The van der Waals surface area contributed by atoms with Crippen LogP contribution in [0.4, 0.5) is 0 Å². The number of halogens is 1. The number of carbonyl (C=O) groups is 1. The lowest BCUT2D eigenvalue weighted by atomic mass is 9.85. The summed E-state index contributed by atoms with van der Waals surface area (Å²) in [5.74, 6) is 0.797. The van der Waals surface area contributed by atoms with Gasteiger partial charge in [0.15, 0.2) is 0 Å². The molecule has 3 heteroatoms. The van der Waals surface area contributed by atoms with E-state index >= 15 is 0 Å². The molecular weight excluding hydrogens is 186 g/mol. The van der Waals surface area contributed by atoms with Crippen molar-refractivity contribution < 1.29 is 4.79 Å². The molecule has 2 atom stereocenters. The average Bonchev–Trinajstić information content (AvgIpc) is 2.16. The molecule has 0 unspecified atom stereocenters. The topological polar surface area (TPSA) is 20.3 Å². The molecule has 0 aromatic carbocycles. The van der Waals surface area contributed by atoms with E-state index in [-0.39, 0.29) is 11.8 Å². The Balaban J connectivity index is 2.53. The fourth-order valence-electron chi connectivity index (χ4n) is 2.15. The lowest BCUT2D eigenvalue weighted by Crippen LogP contribution is -2.43. The van der Waals surface area contributed by atoms with Gasteiger partial charge in [0.2, 0.25) is 5.91 Å². The Labute approximate surface area is 85.2 Å². The molecule has 1 aliphatic rings. The van der Waals surface area contributed by atoms with Gasteiger partial charge in [0, 0.05) is 13.1 Å². The van der Waals surface area contributed by atoms with Crippen molar-refractivity contribution in [3.8, 4) is 0 Å². The van der Waals surface area contributed by atoms with Gasteiger partial charge in [-0.1, -0.05) is 19.8 Å². The lowest BCUT2D eigenvalue weighted by molar-refractivity contribution is -0.130. The van der Waals surface area contributed by atoms with E-state index in [0.717, 1.165) is 6.42 Å². The van der Waals surface area contributed by atoms with Crippen molar-refractivity contribution in [2.75, 3.05) is 12.9 Å². The summed E-state index contributed by atoms with van der Waals surface area (Å²) in [6.45, 7) is 2.22.